The first kappa shape index (κ1) is 18.6. The zero-order valence-corrected chi connectivity index (χ0v) is 16.5. The smallest absolute Gasteiger partial charge is 0.280 e. The first-order valence-corrected chi connectivity index (χ1v) is 9.65. The summed E-state index contributed by atoms with van der Waals surface area (Å²) >= 11 is 5.90. The Morgan fingerprint density at radius 3 is 2.82 bits per heavy atom. The molecule has 146 valence electrons. The van der Waals surface area contributed by atoms with Crippen LogP contribution in [0, 0.1) is 0 Å². The van der Waals surface area contributed by atoms with Crippen LogP contribution < -0.4 is 0 Å². The van der Waals surface area contributed by atoms with Crippen LogP contribution in [-0.4, -0.2) is 49.0 Å². The minimum absolute atomic E-state index is 0.0860. The van der Waals surface area contributed by atoms with E-state index in [1.807, 2.05) is 30.9 Å². The average Bonchev–Trinajstić information content (AvgIpc) is 3.42. The van der Waals surface area contributed by atoms with Crippen LogP contribution in [0.5, 0.6) is 0 Å². The van der Waals surface area contributed by atoms with E-state index in [0.717, 1.165) is 12.0 Å². The van der Waals surface area contributed by atoms with Crippen LogP contribution in [0.15, 0.2) is 35.0 Å². The van der Waals surface area contributed by atoms with Gasteiger partial charge in [-0.25, -0.2) is 4.68 Å². The molecule has 0 saturated carbocycles. The number of hydrogen-bond donors (Lipinski definition) is 0. The van der Waals surface area contributed by atoms with Gasteiger partial charge in [0.25, 0.3) is 5.89 Å². The number of carbonyl (C=O) groups is 1. The molecular formula is C19H21ClN6O2. The molecule has 1 aromatic carbocycles. The van der Waals surface area contributed by atoms with Crippen molar-refractivity contribution in [3.05, 3.63) is 46.9 Å². The molecule has 1 saturated heterocycles. The Hall–Kier alpha value is -2.74. The van der Waals surface area contributed by atoms with Gasteiger partial charge in [0.1, 0.15) is 0 Å². The van der Waals surface area contributed by atoms with Gasteiger partial charge in [-0.05, 0) is 24.1 Å². The number of hydrogen-bond acceptors (Lipinski definition) is 6. The fraction of sp³-hybridized carbons (Fsp3) is 0.421. The lowest BCUT2D eigenvalue weighted by molar-refractivity contribution is -0.129. The van der Waals surface area contributed by atoms with Crippen LogP contribution in [0.4, 0.5) is 0 Å². The van der Waals surface area contributed by atoms with E-state index >= 15 is 0 Å². The lowest BCUT2D eigenvalue weighted by Gasteiger charge is -2.16. The van der Waals surface area contributed by atoms with E-state index in [4.69, 9.17) is 16.1 Å². The van der Waals surface area contributed by atoms with E-state index in [0.29, 0.717) is 41.9 Å². The Kier molecular flexibility index (Phi) is 5.13. The number of amides is 1. The Bertz CT molecular complexity index is 965. The summed E-state index contributed by atoms with van der Waals surface area (Å²) in [6, 6.07) is 7.45. The molecule has 0 bridgehead atoms. The van der Waals surface area contributed by atoms with Gasteiger partial charge in [0.2, 0.25) is 5.91 Å². The lowest BCUT2D eigenvalue weighted by atomic mass is 10.1. The van der Waals surface area contributed by atoms with Crippen LogP contribution in [-0.2, 0) is 11.2 Å². The molecule has 0 N–H and O–H groups in total. The van der Waals surface area contributed by atoms with Crippen molar-refractivity contribution < 1.29 is 9.32 Å². The monoisotopic (exact) mass is 400 g/mol. The molecular weight excluding hydrogens is 380 g/mol. The molecule has 3 heterocycles. The second-order valence-corrected chi connectivity index (χ2v) is 7.72. The van der Waals surface area contributed by atoms with Crippen molar-refractivity contribution in [1.29, 1.82) is 0 Å². The van der Waals surface area contributed by atoms with E-state index in [1.165, 1.54) is 0 Å². The number of carbonyl (C=O) groups excluding carboxylic acids is 1. The minimum atomic E-state index is 0.0860. The van der Waals surface area contributed by atoms with E-state index in [2.05, 4.69) is 20.5 Å². The van der Waals surface area contributed by atoms with Crippen LogP contribution in [0.2, 0.25) is 5.02 Å². The van der Waals surface area contributed by atoms with Crippen LogP contribution in [0.3, 0.4) is 0 Å². The van der Waals surface area contributed by atoms with Gasteiger partial charge in [-0.15, -0.1) is 5.10 Å². The summed E-state index contributed by atoms with van der Waals surface area (Å²) in [6.45, 7) is 5.31. The molecule has 1 aliphatic heterocycles. The van der Waals surface area contributed by atoms with Crippen molar-refractivity contribution in [2.24, 2.45) is 0 Å². The highest BCUT2D eigenvalue weighted by Gasteiger charge is 2.28. The molecule has 28 heavy (non-hydrogen) atoms. The summed E-state index contributed by atoms with van der Waals surface area (Å²) in [7, 11) is 0. The maximum Gasteiger partial charge on any atom is 0.280 e. The number of rotatable bonds is 5. The van der Waals surface area contributed by atoms with E-state index in [9.17, 15) is 4.79 Å². The van der Waals surface area contributed by atoms with Gasteiger partial charge in [-0.3, -0.25) is 4.79 Å². The van der Waals surface area contributed by atoms with Gasteiger partial charge in [-0.2, -0.15) is 4.98 Å². The van der Waals surface area contributed by atoms with Crippen molar-refractivity contribution >= 4 is 17.5 Å². The van der Waals surface area contributed by atoms with Crippen LogP contribution in [0.25, 0.3) is 11.6 Å². The zero-order valence-electron chi connectivity index (χ0n) is 15.7. The van der Waals surface area contributed by atoms with Crippen LogP contribution >= 0.6 is 11.6 Å². The van der Waals surface area contributed by atoms with E-state index in [-0.39, 0.29) is 17.9 Å². The topological polar surface area (TPSA) is 89.9 Å². The molecule has 0 aliphatic carbocycles. The van der Waals surface area contributed by atoms with Gasteiger partial charge >= 0.3 is 0 Å². The molecule has 0 radical (unpaired) electrons. The fourth-order valence-electron chi connectivity index (χ4n) is 3.20. The summed E-state index contributed by atoms with van der Waals surface area (Å²) in [5, 5.41) is 13.0. The molecule has 3 aromatic rings. The third kappa shape index (κ3) is 3.91. The van der Waals surface area contributed by atoms with Crippen molar-refractivity contribution in [3.8, 4) is 11.6 Å². The van der Waals surface area contributed by atoms with Gasteiger partial charge in [-0.1, -0.05) is 48.0 Å². The highest BCUT2D eigenvalue weighted by atomic mass is 35.5. The van der Waals surface area contributed by atoms with Gasteiger partial charge in [0, 0.05) is 24.0 Å². The van der Waals surface area contributed by atoms with Crippen molar-refractivity contribution in [1.82, 2.24) is 30.0 Å². The second kappa shape index (κ2) is 7.71. The quantitative estimate of drug-likeness (QED) is 0.653. The third-order valence-corrected chi connectivity index (χ3v) is 5.10. The van der Waals surface area contributed by atoms with Gasteiger partial charge in [0.15, 0.2) is 11.5 Å². The number of nitrogens with zero attached hydrogens (tertiary/aromatic N) is 6. The molecule has 1 fully saturated rings. The number of aromatic nitrogens is 5. The molecule has 2 aromatic heterocycles. The highest BCUT2D eigenvalue weighted by molar-refractivity contribution is 6.30. The lowest BCUT2D eigenvalue weighted by Crippen LogP contribution is -2.30. The molecule has 1 unspecified atom stereocenters. The fourth-order valence-corrected chi connectivity index (χ4v) is 3.33. The Balaban J connectivity index is 1.39. The SMILES string of the molecule is CC(C)c1noc(-c2cn(C3CCN(C(=O)Cc4ccc(Cl)cc4)C3)nn2)n1. The minimum Gasteiger partial charge on any atom is -0.340 e. The summed E-state index contributed by atoms with van der Waals surface area (Å²) in [6.07, 6.45) is 3.00. The molecule has 0 spiro atoms. The second-order valence-electron chi connectivity index (χ2n) is 7.28. The molecule has 4 rings (SSSR count). The highest BCUT2D eigenvalue weighted by Crippen LogP contribution is 2.24. The predicted octanol–water partition coefficient (Wildman–Crippen LogP) is 3.12. The summed E-state index contributed by atoms with van der Waals surface area (Å²) < 4.78 is 7.05. The largest absolute Gasteiger partial charge is 0.340 e. The first-order chi connectivity index (χ1) is 13.5. The van der Waals surface area contributed by atoms with Gasteiger partial charge < -0.3 is 9.42 Å². The average molecular weight is 401 g/mol. The van der Waals surface area contributed by atoms with E-state index in [1.54, 1.807) is 23.0 Å². The standard InChI is InChI=1S/C19H21ClN6O2/c1-12(2)18-21-19(28-23-18)16-11-26(24-22-16)15-7-8-25(10-15)17(27)9-13-3-5-14(20)6-4-13/h3-6,11-12,15H,7-10H2,1-2H3. The molecule has 1 amide bonds. The predicted molar refractivity (Wildman–Crippen MR) is 103 cm³/mol. The number of likely N-dealkylation sites (tertiary alicyclic amines) is 1. The maximum atomic E-state index is 12.6. The number of halogens is 1. The zero-order chi connectivity index (χ0) is 19.7. The molecule has 1 aliphatic rings. The Labute approximate surface area is 167 Å². The summed E-state index contributed by atoms with van der Waals surface area (Å²) in [4.78, 5) is 18.8. The number of benzene rings is 1. The molecule has 8 nitrogen and oxygen atoms in total. The summed E-state index contributed by atoms with van der Waals surface area (Å²) in [5.41, 5.74) is 1.50. The van der Waals surface area contributed by atoms with Crippen molar-refractivity contribution in [2.45, 2.75) is 38.6 Å². The van der Waals surface area contributed by atoms with Crippen LogP contribution in [0.1, 0.15) is 43.6 Å². The summed E-state index contributed by atoms with van der Waals surface area (Å²) in [5.74, 6) is 1.29. The first-order valence-electron chi connectivity index (χ1n) is 9.27. The van der Waals surface area contributed by atoms with Crippen molar-refractivity contribution in [3.63, 3.8) is 0 Å². The Morgan fingerprint density at radius 1 is 1.32 bits per heavy atom. The van der Waals surface area contributed by atoms with E-state index < -0.39 is 0 Å². The molecule has 9 heteroatoms. The Morgan fingerprint density at radius 2 is 2.11 bits per heavy atom. The van der Waals surface area contributed by atoms with Crippen molar-refractivity contribution in [2.75, 3.05) is 13.1 Å². The normalized spacial score (nSPS) is 16.9. The maximum absolute atomic E-state index is 12.6. The van der Waals surface area contributed by atoms with Gasteiger partial charge in [0.05, 0.1) is 18.7 Å². The third-order valence-electron chi connectivity index (χ3n) is 4.85. The molecule has 1 atom stereocenters.